The maximum absolute atomic E-state index is 12.1. The number of carbonyl (C=O) groups is 1. The van der Waals surface area contributed by atoms with E-state index in [9.17, 15) is 4.79 Å². The molecule has 1 aromatic rings. The van der Waals surface area contributed by atoms with E-state index in [1.54, 1.807) is 0 Å². The number of amides is 1. The molecule has 0 aliphatic carbocycles. The Morgan fingerprint density at radius 2 is 2.00 bits per heavy atom. The largest absolute Gasteiger partial charge is 0.342 e. The Labute approximate surface area is 115 Å². The van der Waals surface area contributed by atoms with Gasteiger partial charge in [-0.15, -0.1) is 0 Å². The molecule has 1 aliphatic rings. The molecule has 0 bridgehead atoms. The highest BCUT2D eigenvalue weighted by atomic mass is 16.2. The first-order chi connectivity index (χ1) is 9.13. The van der Waals surface area contributed by atoms with Crippen LogP contribution in [0.1, 0.15) is 36.8 Å². The minimum Gasteiger partial charge on any atom is -0.342 e. The van der Waals surface area contributed by atoms with Gasteiger partial charge in [0.05, 0.1) is 0 Å². The Bertz CT molecular complexity index is 436. The summed E-state index contributed by atoms with van der Waals surface area (Å²) >= 11 is 0. The van der Waals surface area contributed by atoms with Gasteiger partial charge in [0.25, 0.3) is 0 Å². The average molecular weight is 260 g/mol. The van der Waals surface area contributed by atoms with Crippen LogP contribution in [0, 0.1) is 12.8 Å². The predicted octanol–water partition coefficient (Wildman–Crippen LogP) is 2.30. The minimum absolute atomic E-state index is 0.0463. The van der Waals surface area contributed by atoms with Crippen molar-refractivity contribution in [1.29, 1.82) is 0 Å². The summed E-state index contributed by atoms with van der Waals surface area (Å²) in [6.45, 7) is 6.25. The van der Waals surface area contributed by atoms with Crippen molar-refractivity contribution in [3.63, 3.8) is 0 Å². The third-order valence-electron chi connectivity index (χ3n) is 4.21. The average Bonchev–Trinajstić information content (AvgIpc) is 2.46. The van der Waals surface area contributed by atoms with Crippen LogP contribution in [0.3, 0.4) is 0 Å². The highest BCUT2D eigenvalue weighted by Crippen LogP contribution is 2.30. The van der Waals surface area contributed by atoms with E-state index in [0.717, 1.165) is 25.9 Å². The van der Waals surface area contributed by atoms with Crippen LogP contribution in [-0.4, -0.2) is 30.4 Å². The van der Waals surface area contributed by atoms with Crippen LogP contribution < -0.4 is 5.73 Å². The number of hydrogen-bond donors (Lipinski definition) is 1. The second kappa shape index (κ2) is 6.20. The number of carbonyl (C=O) groups excluding carboxylic acids is 1. The van der Waals surface area contributed by atoms with Crippen molar-refractivity contribution < 1.29 is 4.79 Å². The molecule has 1 unspecified atom stereocenters. The molecule has 1 saturated heterocycles. The zero-order chi connectivity index (χ0) is 13.8. The maximum Gasteiger partial charge on any atom is 0.226 e. The van der Waals surface area contributed by atoms with Crippen molar-refractivity contribution in [2.75, 3.05) is 19.6 Å². The molecule has 1 amide bonds. The molecule has 3 nitrogen and oxygen atoms in total. The Morgan fingerprint density at radius 1 is 1.37 bits per heavy atom. The van der Waals surface area contributed by atoms with Gasteiger partial charge in [0.2, 0.25) is 5.91 Å². The van der Waals surface area contributed by atoms with Gasteiger partial charge in [0.15, 0.2) is 0 Å². The number of benzene rings is 1. The van der Waals surface area contributed by atoms with E-state index < -0.39 is 0 Å². The smallest absolute Gasteiger partial charge is 0.226 e. The van der Waals surface area contributed by atoms with Crippen molar-refractivity contribution in [3.05, 3.63) is 35.4 Å². The molecular formula is C16H24N2O. The summed E-state index contributed by atoms with van der Waals surface area (Å²) in [4.78, 5) is 14.1. The molecule has 104 valence electrons. The summed E-state index contributed by atoms with van der Waals surface area (Å²) in [5, 5.41) is 0. The number of rotatable bonds is 3. The van der Waals surface area contributed by atoms with Gasteiger partial charge in [0, 0.05) is 25.6 Å². The van der Waals surface area contributed by atoms with Gasteiger partial charge in [-0.05, 0) is 36.8 Å². The second-order valence-corrected chi connectivity index (χ2v) is 5.59. The topological polar surface area (TPSA) is 46.3 Å². The number of aryl methyl sites for hydroxylation is 1. The van der Waals surface area contributed by atoms with Crippen LogP contribution in [0.4, 0.5) is 0 Å². The number of likely N-dealkylation sites (tertiary alicyclic amines) is 1. The lowest BCUT2D eigenvalue weighted by Gasteiger charge is -2.34. The van der Waals surface area contributed by atoms with Gasteiger partial charge in [-0.25, -0.2) is 0 Å². The Morgan fingerprint density at radius 3 is 2.58 bits per heavy atom. The molecule has 0 aromatic heterocycles. The number of hydrogen-bond acceptors (Lipinski definition) is 2. The first kappa shape index (κ1) is 14.1. The summed E-state index contributed by atoms with van der Waals surface area (Å²) < 4.78 is 0. The molecule has 0 radical (unpaired) electrons. The standard InChI is InChI=1S/C16H24N2O/c1-12-5-3-4-6-15(12)14-7-9-18(10-8-14)16(19)13(2)11-17/h3-6,13-14H,7-11,17H2,1-2H3. The number of piperidine rings is 1. The van der Waals surface area contributed by atoms with Gasteiger partial charge < -0.3 is 10.6 Å². The molecule has 1 aliphatic heterocycles. The monoisotopic (exact) mass is 260 g/mol. The van der Waals surface area contributed by atoms with Crippen molar-refractivity contribution in [1.82, 2.24) is 4.90 Å². The summed E-state index contributed by atoms with van der Waals surface area (Å²) in [5.74, 6) is 0.763. The summed E-state index contributed by atoms with van der Waals surface area (Å²) in [7, 11) is 0. The van der Waals surface area contributed by atoms with E-state index in [1.165, 1.54) is 11.1 Å². The minimum atomic E-state index is -0.0463. The van der Waals surface area contributed by atoms with Crippen LogP contribution in [0.25, 0.3) is 0 Å². The highest BCUT2D eigenvalue weighted by molar-refractivity contribution is 5.78. The lowest BCUT2D eigenvalue weighted by Crippen LogP contribution is -2.42. The lowest BCUT2D eigenvalue weighted by molar-refractivity contribution is -0.135. The van der Waals surface area contributed by atoms with Crippen molar-refractivity contribution in [2.45, 2.75) is 32.6 Å². The van der Waals surface area contributed by atoms with Crippen molar-refractivity contribution >= 4 is 5.91 Å². The van der Waals surface area contributed by atoms with E-state index in [-0.39, 0.29) is 11.8 Å². The third kappa shape index (κ3) is 3.16. The Hall–Kier alpha value is -1.35. The van der Waals surface area contributed by atoms with Gasteiger partial charge in [-0.3, -0.25) is 4.79 Å². The molecule has 19 heavy (non-hydrogen) atoms. The molecule has 1 atom stereocenters. The SMILES string of the molecule is Cc1ccccc1C1CCN(C(=O)C(C)CN)CC1. The quantitative estimate of drug-likeness (QED) is 0.906. The summed E-state index contributed by atoms with van der Waals surface area (Å²) in [6, 6.07) is 8.58. The van der Waals surface area contributed by atoms with E-state index >= 15 is 0 Å². The fourth-order valence-corrected chi connectivity index (χ4v) is 2.87. The predicted molar refractivity (Wildman–Crippen MR) is 78.0 cm³/mol. The van der Waals surface area contributed by atoms with E-state index in [1.807, 2.05) is 11.8 Å². The fraction of sp³-hybridized carbons (Fsp3) is 0.562. The second-order valence-electron chi connectivity index (χ2n) is 5.59. The first-order valence-corrected chi connectivity index (χ1v) is 7.18. The van der Waals surface area contributed by atoms with Gasteiger partial charge in [0.1, 0.15) is 0 Å². The highest BCUT2D eigenvalue weighted by Gasteiger charge is 2.26. The van der Waals surface area contributed by atoms with Crippen molar-refractivity contribution in [3.8, 4) is 0 Å². The molecule has 2 rings (SSSR count). The van der Waals surface area contributed by atoms with Gasteiger partial charge in [-0.2, -0.15) is 0 Å². The van der Waals surface area contributed by atoms with Gasteiger partial charge in [-0.1, -0.05) is 31.2 Å². The fourth-order valence-electron chi connectivity index (χ4n) is 2.87. The molecule has 3 heteroatoms. The van der Waals surface area contributed by atoms with Crippen LogP contribution in [0.2, 0.25) is 0 Å². The zero-order valence-electron chi connectivity index (χ0n) is 11.9. The van der Waals surface area contributed by atoms with E-state index in [0.29, 0.717) is 12.5 Å². The summed E-state index contributed by atoms with van der Waals surface area (Å²) in [5.41, 5.74) is 8.38. The Kier molecular flexibility index (Phi) is 4.59. The molecular weight excluding hydrogens is 236 g/mol. The van der Waals surface area contributed by atoms with Crippen LogP contribution >= 0.6 is 0 Å². The van der Waals surface area contributed by atoms with Crippen molar-refractivity contribution in [2.24, 2.45) is 11.7 Å². The molecule has 0 saturated carbocycles. The zero-order valence-corrected chi connectivity index (χ0v) is 11.9. The normalized spacial score (nSPS) is 18.4. The van der Waals surface area contributed by atoms with E-state index in [4.69, 9.17) is 5.73 Å². The molecule has 1 fully saturated rings. The van der Waals surface area contributed by atoms with E-state index in [2.05, 4.69) is 31.2 Å². The number of nitrogens with two attached hydrogens (primary N) is 1. The molecule has 0 spiro atoms. The summed E-state index contributed by atoms with van der Waals surface area (Å²) in [6.07, 6.45) is 2.13. The first-order valence-electron chi connectivity index (χ1n) is 7.18. The third-order valence-corrected chi connectivity index (χ3v) is 4.21. The molecule has 1 aromatic carbocycles. The Balaban J connectivity index is 1.96. The molecule has 1 heterocycles. The van der Waals surface area contributed by atoms with Gasteiger partial charge >= 0.3 is 0 Å². The molecule has 2 N–H and O–H groups in total. The lowest BCUT2D eigenvalue weighted by atomic mass is 9.86. The number of nitrogens with zero attached hydrogens (tertiary/aromatic N) is 1. The maximum atomic E-state index is 12.1. The van der Waals surface area contributed by atoms with Crippen LogP contribution in [0.15, 0.2) is 24.3 Å². The van der Waals surface area contributed by atoms with Crippen LogP contribution in [0.5, 0.6) is 0 Å². The van der Waals surface area contributed by atoms with Crippen LogP contribution in [-0.2, 0) is 4.79 Å².